The smallest absolute Gasteiger partial charge is 0.103 e. The van der Waals surface area contributed by atoms with Gasteiger partial charge in [-0.2, -0.15) is 0 Å². The van der Waals surface area contributed by atoms with Gasteiger partial charge in [0.1, 0.15) is 6.17 Å². The van der Waals surface area contributed by atoms with Gasteiger partial charge in [-0.05, 0) is 18.8 Å². The maximum Gasteiger partial charge on any atom is 0.103 e. The maximum atomic E-state index is 2.57. The lowest BCUT2D eigenvalue weighted by Gasteiger charge is -2.35. The van der Waals surface area contributed by atoms with Gasteiger partial charge in [0, 0.05) is 25.5 Å². The van der Waals surface area contributed by atoms with Gasteiger partial charge in [-0.1, -0.05) is 66.2 Å². The van der Waals surface area contributed by atoms with Crippen LogP contribution in [0.15, 0.2) is 12.4 Å². The van der Waals surface area contributed by atoms with Gasteiger partial charge in [0.05, 0.1) is 0 Å². The molecule has 0 spiro atoms. The molecule has 0 aromatic heterocycles. The molecule has 0 radical (unpaired) electrons. The molecule has 0 bridgehead atoms. The number of nitrogens with zero attached hydrogens (tertiary/aromatic N) is 2. The molecule has 20 heavy (non-hydrogen) atoms. The number of rotatable bonds is 11. The van der Waals surface area contributed by atoms with Crippen molar-refractivity contribution in [1.82, 2.24) is 9.80 Å². The van der Waals surface area contributed by atoms with Crippen molar-refractivity contribution < 1.29 is 0 Å². The van der Waals surface area contributed by atoms with Crippen molar-refractivity contribution in [3.63, 3.8) is 0 Å². The molecule has 1 rings (SSSR count). The Kier molecular flexibility index (Phi) is 8.80. The summed E-state index contributed by atoms with van der Waals surface area (Å²) in [7, 11) is 0. The van der Waals surface area contributed by atoms with Crippen molar-refractivity contribution in [2.45, 2.75) is 85.2 Å². The lowest BCUT2D eigenvalue weighted by molar-refractivity contribution is 0.104. The molecule has 0 saturated heterocycles. The van der Waals surface area contributed by atoms with E-state index in [1.54, 1.807) is 0 Å². The molecule has 0 saturated carbocycles. The summed E-state index contributed by atoms with van der Waals surface area (Å²) in [6, 6.07) is 0. The summed E-state index contributed by atoms with van der Waals surface area (Å²) < 4.78 is 0. The molecule has 2 nitrogen and oxygen atoms in total. The lowest BCUT2D eigenvalue weighted by atomic mass is 10.1. The van der Waals surface area contributed by atoms with E-state index in [0.29, 0.717) is 12.1 Å². The van der Waals surface area contributed by atoms with E-state index >= 15 is 0 Å². The fraction of sp³-hybridized carbons (Fsp3) is 0.889. The van der Waals surface area contributed by atoms with Crippen molar-refractivity contribution in [3.8, 4) is 0 Å². The van der Waals surface area contributed by atoms with Crippen LogP contribution >= 0.6 is 0 Å². The Morgan fingerprint density at radius 1 is 0.750 bits per heavy atom. The molecule has 0 N–H and O–H groups in total. The van der Waals surface area contributed by atoms with Gasteiger partial charge >= 0.3 is 0 Å². The van der Waals surface area contributed by atoms with E-state index in [0.717, 1.165) is 0 Å². The minimum atomic E-state index is 0.595. The third-order valence-electron chi connectivity index (χ3n) is 4.27. The SMILES string of the molecule is CCCCCCCCN1C=CN(CCCC)C1C(C)C. The summed E-state index contributed by atoms with van der Waals surface area (Å²) in [5, 5.41) is 0. The molecule has 0 fully saturated rings. The first-order valence-electron chi connectivity index (χ1n) is 8.90. The fourth-order valence-electron chi connectivity index (χ4n) is 3.13. The van der Waals surface area contributed by atoms with Crippen molar-refractivity contribution in [2.75, 3.05) is 13.1 Å². The number of hydrogen-bond donors (Lipinski definition) is 0. The summed E-state index contributed by atoms with van der Waals surface area (Å²) in [5.74, 6) is 0.696. The van der Waals surface area contributed by atoms with Crippen LogP contribution in [0.4, 0.5) is 0 Å². The van der Waals surface area contributed by atoms with E-state index in [4.69, 9.17) is 0 Å². The van der Waals surface area contributed by atoms with E-state index in [2.05, 4.69) is 49.9 Å². The normalized spacial score (nSPS) is 18.6. The van der Waals surface area contributed by atoms with E-state index in [1.807, 2.05) is 0 Å². The first-order chi connectivity index (χ1) is 9.70. The molecule has 1 aliphatic heterocycles. The predicted molar refractivity (Wildman–Crippen MR) is 89.5 cm³/mol. The molecule has 0 aromatic rings. The van der Waals surface area contributed by atoms with Crippen LogP contribution < -0.4 is 0 Å². The zero-order valence-corrected chi connectivity index (χ0v) is 14.3. The van der Waals surface area contributed by atoms with E-state index in [9.17, 15) is 0 Å². The molecule has 0 aromatic carbocycles. The standard InChI is InChI=1S/C18H36N2/c1-5-7-9-10-11-12-14-20-16-15-19(13-8-6-2)18(20)17(3)4/h15-18H,5-14H2,1-4H3. The van der Waals surface area contributed by atoms with Gasteiger partial charge in [0.15, 0.2) is 0 Å². The third kappa shape index (κ3) is 5.76. The molecule has 1 heterocycles. The van der Waals surface area contributed by atoms with E-state index in [-0.39, 0.29) is 0 Å². The number of unbranched alkanes of at least 4 members (excludes halogenated alkanes) is 6. The largest absolute Gasteiger partial charge is 0.356 e. The van der Waals surface area contributed by atoms with Gasteiger partial charge in [-0.3, -0.25) is 0 Å². The second kappa shape index (κ2) is 10.1. The number of hydrogen-bond acceptors (Lipinski definition) is 2. The van der Waals surface area contributed by atoms with Crippen LogP contribution in [-0.2, 0) is 0 Å². The molecular formula is C18H36N2. The molecular weight excluding hydrogens is 244 g/mol. The van der Waals surface area contributed by atoms with Gasteiger partial charge < -0.3 is 9.80 Å². The van der Waals surface area contributed by atoms with Gasteiger partial charge in [0.25, 0.3) is 0 Å². The molecule has 0 amide bonds. The summed E-state index contributed by atoms with van der Waals surface area (Å²) in [6.07, 6.45) is 16.1. The van der Waals surface area contributed by atoms with Gasteiger partial charge in [-0.15, -0.1) is 0 Å². The van der Waals surface area contributed by atoms with E-state index < -0.39 is 0 Å². The molecule has 0 aliphatic carbocycles. The first-order valence-corrected chi connectivity index (χ1v) is 8.90. The predicted octanol–water partition coefficient (Wildman–Crippen LogP) is 5.22. The Morgan fingerprint density at radius 2 is 1.25 bits per heavy atom. The topological polar surface area (TPSA) is 6.48 Å². The summed E-state index contributed by atoms with van der Waals surface area (Å²) in [6.45, 7) is 11.7. The van der Waals surface area contributed by atoms with Crippen molar-refractivity contribution in [1.29, 1.82) is 0 Å². The summed E-state index contributed by atoms with van der Waals surface area (Å²) in [5.41, 5.74) is 0. The van der Waals surface area contributed by atoms with Crippen LogP contribution in [0.5, 0.6) is 0 Å². The Balaban J connectivity index is 2.28. The molecule has 1 atom stereocenters. The Hall–Kier alpha value is -0.660. The zero-order chi connectivity index (χ0) is 14.8. The third-order valence-corrected chi connectivity index (χ3v) is 4.27. The van der Waals surface area contributed by atoms with Gasteiger partial charge in [-0.25, -0.2) is 0 Å². The average molecular weight is 281 g/mol. The minimum absolute atomic E-state index is 0.595. The lowest BCUT2D eigenvalue weighted by Crippen LogP contribution is -2.43. The van der Waals surface area contributed by atoms with E-state index in [1.165, 1.54) is 64.5 Å². The van der Waals surface area contributed by atoms with Crippen molar-refractivity contribution >= 4 is 0 Å². The van der Waals surface area contributed by atoms with Crippen LogP contribution in [0.25, 0.3) is 0 Å². The van der Waals surface area contributed by atoms with Crippen LogP contribution in [0.2, 0.25) is 0 Å². The molecule has 118 valence electrons. The Bertz CT molecular complexity index is 260. The highest BCUT2D eigenvalue weighted by molar-refractivity contribution is 4.98. The Labute approximate surface area is 127 Å². The average Bonchev–Trinajstić information content (AvgIpc) is 2.83. The molecule has 1 unspecified atom stereocenters. The van der Waals surface area contributed by atoms with Crippen molar-refractivity contribution in [2.24, 2.45) is 5.92 Å². The maximum absolute atomic E-state index is 2.57. The van der Waals surface area contributed by atoms with Crippen LogP contribution in [-0.4, -0.2) is 29.1 Å². The second-order valence-corrected chi connectivity index (χ2v) is 6.55. The first kappa shape index (κ1) is 17.4. The fourth-order valence-corrected chi connectivity index (χ4v) is 3.13. The van der Waals surface area contributed by atoms with Crippen LogP contribution in [0, 0.1) is 5.92 Å². The zero-order valence-electron chi connectivity index (χ0n) is 14.3. The monoisotopic (exact) mass is 280 g/mol. The minimum Gasteiger partial charge on any atom is -0.356 e. The van der Waals surface area contributed by atoms with Crippen LogP contribution in [0.3, 0.4) is 0 Å². The highest BCUT2D eigenvalue weighted by atomic mass is 15.4. The highest BCUT2D eigenvalue weighted by Gasteiger charge is 2.27. The Morgan fingerprint density at radius 3 is 1.80 bits per heavy atom. The second-order valence-electron chi connectivity index (χ2n) is 6.55. The summed E-state index contributed by atoms with van der Waals surface area (Å²) in [4.78, 5) is 5.12. The van der Waals surface area contributed by atoms with Crippen LogP contribution in [0.1, 0.15) is 79.1 Å². The molecule has 2 heteroatoms. The van der Waals surface area contributed by atoms with Crippen molar-refractivity contribution in [3.05, 3.63) is 12.4 Å². The molecule has 1 aliphatic rings. The quantitative estimate of drug-likeness (QED) is 0.479. The highest BCUT2D eigenvalue weighted by Crippen LogP contribution is 2.23. The van der Waals surface area contributed by atoms with Gasteiger partial charge in [0.2, 0.25) is 0 Å². The summed E-state index contributed by atoms with van der Waals surface area (Å²) >= 11 is 0.